The Morgan fingerprint density at radius 3 is 2.25 bits per heavy atom. The van der Waals surface area contributed by atoms with Crippen LogP contribution in [0.2, 0.25) is 0 Å². The van der Waals surface area contributed by atoms with E-state index in [-0.39, 0.29) is 11.9 Å². The number of piperazine rings is 1. The molecule has 0 radical (unpaired) electrons. The molecule has 0 aromatic heterocycles. The van der Waals surface area contributed by atoms with E-state index < -0.39 is 0 Å². The van der Waals surface area contributed by atoms with Crippen LogP contribution >= 0.6 is 0 Å². The average molecular weight is 319 g/mol. The fourth-order valence-electron chi connectivity index (χ4n) is 3.17. The summed E-state index contributed by atoms with van der Waals surface area (Å²) in [5.41, 5.74) is 2.79. The summed E-state index contributed by atoms with van der Waals surface area (Å²) in [7, 11) is 0. The summed E-state index contributed by atoms with van der Waals surface area (Å²) in [5.74, 6) is 0.0842. The molecule has 1 atom stereocenters. The smallest absolute Gasteiger partial charge is 0.254 e. The number of hydrogen-bond acceptors (Lipinski definition) is 3. The summed E-state index contributed by atoms with van der Waals surface area (Å²) in [6.45, 7) is 4.69. The van der Waals surface area contributed by atoms with Crippen LogP contribution in [0.4, 0.5) is 0 Å². The van der Waals surface area contributed by atoms with Crippen LogP contribution in [0.1, 0.15) is 27.5 Å². The molecule has 1 amide bonds. The lowest BCUT2D eigenvalue weighted by Gasteiger charge is -2.37. The summed E-state index contributed by atoms with van der Waals surface area (Å²) in [6, 6.07) is 19.7. The Kier molecular flexibility index (Phi) is 4.93. The summed E-state index contributed by atoms with van der Waals surface area (Å²) < 4.78 is 0. The first-order valence-electron chi connectivity index (χ1n) is 8.24. The van der Waals surface area contributed by atoms with Gasteiger partial charge in [0, 0.05) is 31.7 Å². The molecule has 1 fully saturated rings. The van der Waals surface area contributed by atoms with Crippen molar-refractivity contribution in [2.45, 2.75) is 13.0 Å². The van der Waals surface area contributed by atoms with E-state index in [9.17, 15) is 10.1 Å². The molecule has 0 saturated carbocycles. The van der Waals surface area contributed by atoms with Gasteiger partial charge in [-0.1, -0.05) is 48.5 Å². The van der Waals surface area contributed by atoms with Crippen molar-refractivity contribution in [3.05, 3.63) is 71.3 Å². The van der Waals surface area contributed by atoms with Gasteiger partial charge in [0.15, 0.2) is 0 Å². The van der Waals surface area contributed by atoms with Gasteiger partial charge < -0.3 is 4.90 Å². The fourth-order valence-corrected chi connectivity index (χ4v) is 3.17. The van der Waals surface area contributed by atoms with Crippen molar-refractivity contribution in [2.75, 3.05) is 26.2 Å². The molecular weight excluding hydrogens is 298 g/mol. The molecule has 1 heterocycles. The molecule has 122 valence electrons. The van der Waals surface area contributed by atoms with Gasteiger partial charge in [-0.2, -0.15) is 5.26 Å². The molecule has 4 nitrogen and oxygen atoms in total. The summed E-state index contributed by atoms with van der Waals surface area (Å²) in [6.07, 6.45) is 0. The number of amides is 1. The van der Waals surface area contributed by atoms with Gasteiger partial charge in [0.1, 0.15) is 6.04 Å². The Morgan fingerprint density at radius 2 is 1.62 bits per heavy atom. The van der Waals surface area contributed by atoms with E-state index in [4.69, 9.17) is 0 Å². The van der Waals surface area contributed by atoms with Gasteiger partial charge in [-0.3, -0.25) is 9.69 Å². The molecular formula is C20H21N3O. The Balaban J connectivity index is 1.67. The number of rotatable bonds is 3. The van der Waals surface area contributed by atoms with E-state index >= 15 is 0 Å². The molecule has 2 aromatic carbocycles. The predicted molar refractivity (Wildman–Crippen MR) is 93.5 cm³/mol. The van der Waals surface area contributed by atoms with Crippen molar-refractivity contribution in [3.63, 3.8) is 0 Å². The van der Waals surface area contributed by atoms with Crippen LogP contribution in [-0.4, -0.2) is 41.9 Å². The van der Waals surface area contributed by atoms with Crippen LogP contribution in [0.5, 0.6) is 0 Å². The van der Waals surface area contributed by atoms with Gasteiger partial charge in [0.05, 0.1) is 6.07 Å². The van der Waals surface area contributed by atoms with Crippen molar-refractivity contribution >= 4 is 5.91 Å². The topological polar surface area (TPSA) is 47.3 Å². The maximum Gasteiger partial charge on any atom is 0.254 e. The highest BCUT2D eigenvalue weighted by atomic mass is 16.2. The van der Waals surface area contributed by atoms with Crippen LogP contribution in [0.15, 0.2) is 54.6 Å². The van der Waals surface area contributed by atoms with E-state index in [1.54, 1.807) is 0 Å². The Morgan fingerprint density at radius 1 is 1.00 bits per heavy atom. The van der Waals surface area contributed by atoms with E-state index in [2.05, 4.69) is 11.0 Å². The number of hydrogen-bond donors (Lipinski definition) is 0. The number of nitrogens with zero attached hydrogens (tertiary/aromatic N) is 3. The van der Waals surface area contributed by atoms with Crippen LogP contribution in [0, 0.1) is 18.3 Å². The molecule has 1 aliphatic rings. The highest BCUT2D eigenvalue weighted by Crippen LogP contribution is 2.22. The first-order valence-corrected chi connectivity index (χ1v) is 8.24. The fraction of sp³-hybridized carbons (Fsp3) is 0.300. The first kappa shape index (κ1) is 16.2. The van der Waals surface area contributed by atoms with E-state index in [0.29, 0.717) is 26.2 Å². The van der Waals surface area contributed by atoms with Crippen molar-refractivity contribution in [2.24, 2.45) is 0 Å². The third kappa shape index (κ3) is 3.32. The first-order chi connectivity index (χ1) is 11.7. The van der Waals surface area contributed by atoms with Crippen molar-refractivity contribution in [3.8, 4) is 6.07 Å². The minimum atomic E-state index is -0.248. The second-order valence-electron chi connectivity index (χ2n) is 6.09. The normalized spacial score (nSPS) is 16.4. The SMILES string of the molecule is Cc1ccccc1C(=O)N1CCN([C@H](C#N)c2ccccc2)CC1. The average Bonchev–Trinajstić information content (AvgIpc) is 2.64. The van der Waals surface area contributed by atoms with Gasteiger partial charge in [-0.25, -0.2) is 0 Å². The molecule has 0 spiro atoms. The highest BCUT2D eigenvalue weighted by Gasteiger charge is 2.27. The number of carbonyl (C=O) groups is 1. The molecule has 4 heteroatoms. The Labute approximate surface area is 142 Å². The molecule has 0 N–H and O–H groups in total. The van der Waals surface area contributed by atoms with E-state index in [1.165, 1.54) is 0 Å². The largest absolute Gasteiger partial charge is 0.336 e. The van der Waals surface area contributed by atoms with Gasteiger partial charge in [-0.15, -0.1) is 0 Å². The molecule has 3 rings (SSSR count). The number of aryl methyl sites for hydroxylation is 1. The molecule has 0 aliphatic carbocycles. The monoisotopic (exact) mass is 319 g/mol. The molecule has 2 aromatic rings. The van der Waals surface area contributed by atoms with Crippen molar-refractivity contribution in [1.29, 1.82) is 5.26 Å². The zero-order chi connectivity index (χ0) is 16.9. The van der Waals surface area contributed by atoms with E-state index in [1.807, 2.05) is 66.4 Å². The second kappa shape index (κ2) is 7.29. The third-order valence-corrected chi connectivity index (χ3v) is 4.58. The Hall–Kier alpha value is -2.64. The van der Waals surface area contributed by atoms with Gasteiger partial charge in [0.2, 0.25) is 0 Å². The second-order valence-corrected chi connectivity index (χ2v) is 6.09. The highest BCUT2D eigenvalue weighted by molar-refractivity contribution is 5.95. The van der Waals surface area contributed by atoms with Crippen molar-refractivity contribution in [1.82, 2.24) is 9.80 Å². The minimum absolute atomic E-state index is 0.0842. The van der Waals surface area contributed by atoms with E-state index in [0.717, 1.165) is 16.7 Å². The number of carbonyl (C=O) groups excluding carboxylic acids is 1. The molecule has 24 heavy (non-hydrogen) atoms. The van der Waals surface area contributed by atoms with Gasteiger partial charge in [-0.05, 0) is 24.1 Å². The summed E-state index contributed by atoms with van der Waals surface area (Å²) in [5, 5.41) is 9.55. The standard InChI is InChI=1S/C20H21N3O/c1-16-7-5-6-10-18(16)20(24)23-13-11-22(12-14-23)19(15-21)17-8-3-2-4-9-17/h2-10,19H,11-14H2,1H3/t19-/m1/s1. The van der Waals surface area contributed by atoms with Crippen LogP contribution < -0.4 is 0 Å². The maximum atomic E-state index is 12.7. The maximum absolute atomic E-state index is 12.7. The quantitative estimate of drug-likeness (QED) is 0.874. The zero-order valence-electron chi connectivity index (χ0n) is 13.9. The molecule has 1 aliphatic heterocycles. The number of nitriles is 1. The number of benzene rings is 2. The Bertz CT molecular complexity index is 743. The molecule has 0 unspecified atom stereocenters. The lowest BCUT2D eigenvalue weighted by atomic mass is 10.0. The lowest BCUT2D eigenvalue weighted by Crippen LogP contribution is -2.49. The van der Waals surface area contributed by atoms with Crippen LogP contribution in [0.3, 0.4) is 0 Å². The van der Waals surface area contributed by atoms with Crippen LogP contribution in [-0.2, 0) is 0 Å². The summed E-state index contributed by atoms with van der Waals surface area (Å²) in [4.78, 5) is 16.7. The predicted octanol–water partition coefficient (Wildman–Crippen LogP) is 3.02. The minimum Gasteiger partial charge on any atom is -0.336 e. The molecule has 1 saturated heterocycles. The molecule has 0 bridgehead atoms. The van der Waals surface area contributed by atoms with Crippen LogP contribution in [0.25, 0.3) is 0 Å². The zero-order valence-corrected chi connectivity index (χ0v) is 13.9. The van der Waals surface area contributed by atoms with Crippen molar-refractivity contribution < 1.29 is 4.79 Å². The van der Waals surface area contributed by atoms with Gasteiger partial charge >= 0.3 is 0 Å². The van der Waals surface area contributed by atoms with Gasteiger partial charge in [0.25, 0.3) is 5.91 Å². The lowest BCUT2D eigenvalue weighted by molar-refractivity contribution is 0.0605. The third-order valence-electron chi connectivity index (χ3n) is 4.58. The summed E-state index contributed by atoms with van der Waals surface area (Å²) >= 11 is 0.